The van der Waals surface area contributed by atoms with Gasteiger partial charge in [-0.05, 0) is 25.0 Å². The van der Waals surface area contributed by atoms with Crippen molar-refractivity contribution in [3.8, 4) is 0 Å². The highest BCUT2D eigenvalue weighted by Crippen LogP contribution is 2.48. The quantitative estimate of drug-likeness (QED) is 0.296. The summed E-state index contributed by atoms with van der Waals surface area (Å²) in [6.45, 7) is 3.44. The molecular weight excluding hydrogens is 298 g/mol. The molecule has 0 saturated carbocycles. The topological polar surface area (TPSA) is 69.7 Å². The number of rotatable bonds is 1. The number of hydrogen-bond acceptors (Lipinski definition) is 4. The van der Waals surface area contributed by atoms with E-state index in [-0.39, 0.29) is 5.91 Å². The van der Waals surface area contributed by atoms with Gasteiger partial charge in [-0.3, -0.25) is 9.69 Å². The molecule has 7 heteroatoms. The fraction of sp³-hybridized carbons (Fsp3) is 0.778. The second-order valence-corrected chi connectivity index (χ2v) is 7.48. The van der Waals surface area contributed by atoms with Crippen LogP contribution in [0, 0.1) is 0 Å². The molecule has 0 spiro atoms. The number of carbonyl (C=O) groups is 2. The summed E-state index contributed by atoms with van der Waals surface area (Å²) in [4.78, 5) is 24.2. The first kappa shape index (κ1) is 12.2. The van der Waals surface area contributed by atoms with Gasteiger partial charge in [0.15, 0.2) is 15.6 Å². The first-order chi connectivity index (χ1) is 7.34. The SMILES string of the molecule is COC(=O)[C@@H]1N2C(=O)[C@@H](Br)[C@H]2[S+]([O-])C1(C)C. The van der Waals surface area contributed by atoms with Gasteiger partial charge < -0.3 is 9.29 Å². The van der Waals surface area contributed by atoms with E-state index < -0.39 is 38.1 Å². The van der Waals surface area contributed by atoms with Gasteiger partial charge in [0, 0.05) is 0 Å². The Morgan fingerprint density at radius 3 is 2.69 bits per heavy atom. The third kappa shape index (κ3) is 1.28. The van der Waals surface area contributed by atoms with Crippen molar-refractivity contribution < 1.29 is 18.9 Å². The van der Waals surface area contributed by atoms with Crippen LogP contribution >= 0.6 is 15.9 Å². The highest BCUT2D eigenvalue weighted by atomic mass is 79.9. The minimum Gasteiger partial charge on any atom is -0.614 e. The minimum atomic E-state index is -1.27. The number of β-lactam (4-membered cyclic amide) rings is 1. The number of methoxy groups -OCH3 is 1. The molecule has 0 bridgehead atoms. The van der Waals surface area contributed by atoms with Crippen LogP contribution in [-0.2, 0) is 25.5 Å². The molecular formula is C9H12BrNO4S. The second-order valence-electron chi connectivity index (χ2n) is 4.36. The number of carbonyl (C=O) groups excluding carboxylic acids is 2. The maximum atomic E-state index is 12.2. The maximum absolute atomic E-state index is 12.2. The Balaban J connectivity index is 2.37. The van der Waals surface area contributed by atoms with Crippen LogP contribution in [0.2, 0.25) is 0 Å². The zero-order valence-corrected chi connectivity index (χ0v) is 11.5. The molecule has 2 aliphatic heterocycles. The zero-order chi connectivity index (χ0) is 12.2. The molecule has 0 N–H and O–H groups in total. The maximum Gasteiger partial charge on any atom is 0.334 e. The summed E-state index contributed by atoms with van der Waals surface area (Å²) in [5.74, 6) is -0.701. The van der Waals surface area contributed by atoms with Gasteiger partial charge in [-0.25, -0.2) is 4.79 Å². The largest absolute Gasteiger partial charge is 0.614 e. The van der Waals surface area contributed by atoms with Gasteiger partial charge in [-0.15, -0.1) is 0 Å². The summed E-state index contributed by atoms with van der Waals surface area (Å²) >= 11 is 1.92. The van der Waals surface area contributed by atoms with E-state index in [1.54, 1.807) is 13.8 Å². The number of alkyl halides is 1. The molecule has 1 amide bonds. The minimum absolute atomic E-state index is 0.195. The fourth-order valence-corrected chi connectivity index (χ4v) is 5.10. The van der Waals surface area contributed by atoms with E-state index in [0.717, 1.165) is 0 Å². The summed E-state index contributed by atoms with van der Waals surface area (Å²) in [5.41, 5.74) is 0. The first-order valence-corrected chi connectivity index (χ1v) is 6.91. The number of ether oxygens (including phenoxy) is 1. The van der Waals surface area contributed by atoms with Crippen LogP contribution in [0.15, 0.2) is 0 Å². The standard InChI is InChI=1S/C9H12BrNO4S/c1-9(2)5(8(13)15-3)11-6(12)4(10)7(11)16(9)14/h4-5,7H,1-3H3/t4-,5+,7-,16?/m1/s1. The fourth-order valence-electron chi connectivity index (χ4n) is 2.20. The van der Waals surface area contributed by atoms with Gasteiger partial charge in [0.2, 0.25) is 11.3 Å². The Kier molecular flexibility index (Phi) is 2.75. The van der Waals surface area contributed by atoms with E-state index in [1.165, 1.54) is 12.0 Å². The number of amides is 1. The Morgan fingerprint density at radius 2 is 2.19 bits per heavy atom. The molecule has 0 aromatic carbocycles. The van der Waals surface area contributed by atoms with Crippen LogP contribution in [0.5, 0.6) is 0 Å². The average molecular weight is 310 g/mol. The van der Waals surface area contributed by atoms with Crippen molar-refractivity contribution in [2.75, 3.05) is 7.11 Å². The Labute approximate surface area is 105 Å². The molecule has 2 saturated heterocycles. The monoisotopic (exact) mass is 309 g/mol. The number of halogens is 1. The normalized spacial score (nSPS) is 40.3. The van der Waals surface area contributed by atoms with Gasteiger partial charge >= 0.3 is 5.97 Å². The van der Waals surface area contributed by atoms with Crippen LogP contribution in [0.1, 0.15) is 13.8 Å². The predicted molar refractivity (Wildman–Crippen MR) is 61.4 cm³/mol. The number of fused-ring (bicyclic) bond motifs is 1. The molecule has 4 atom stereocenters. The molecule has 16 heavy (non-hydrogen) atoms. The lowest BCUT2D eigenvalue weighted by molar-refractivity contribution is -0.158. The van der Waals surface area contributed by atoms with Crippen LogP contribution in [0.4, 0.5) is 0 Å². The number of esters is 1. The van der Waals surface area contributed by atoms with Crippen molar-refractivity contribution in [2.45, 2.75) is 34.8 Å². The highest BCUT2D eigenvalue weighted by molar-refractivity contribution is 9.10. The second kappa shape index (κ2) is 3.61. The Morgan fingerprint density at radius 1 is 1.62 bits per heavy atom. The molecule has 2 fully saturated rings. The smallest absolute Gasteiger partial charge is 0.334 e. The summed E-state index contributed by atoms with van der Waals surface area (Å²) in [6.07, 6.45) is 0. The molecule has 0 aromatic heterocycles. The molecule has 0 aliphatic carbocycles. The van der Waals surface area contributed by atoms with Gasteiger partial charge in [-0.1, -0.05) is 15.9 Å². The summed E-state index contributed by atoms with van der Waals surface area (Å²) in [7, 11) is 1.27. The van der Waals surface area contributed by atoms with Gasteiger partial charge in [-0.2, -0.15) is 0 Å². The summed E-state index contributed by atoms with van der Waals surface area (Å²) < 4.78 is 16.1. The summed E-state index contributed by atoms with van der Waals surface area (Å²) in [5, 5.41) is -0.411. The highest BCUT2D eigenvalue weighted by Gasteiger charge is 2.72. The van der Waals surface area contributed by atoms with Crippen LogP contribution in [-0.4, -0.2) is 49.4 Å². The third-order valence-corrected chi connectivity index (χ3v) is 6.55. The summed E-state index contributed by atoms with van der Waals surface area (Å²) in [6, 6.07) is -0.746. The van der Waals surface area contributed by atoms with E-state index in [4.69, 9.17) is 0 Å². The number of nitrogens with zero attached hydrogens (tertiary/aromatic N) is 1. The van der Waals surface area contributed by atoms with Gasteiger partial charge in [0.25, 0.3) is 0 Å². The molecule has 2 heterocycles. The van der Waals surface area contributed by atoms with E-state index in [0.29, 0.717) is 0 Å². The van der Waals surface area contributed by atoms with Crippen molar-refractivity contribution >= 4 is 39.0 Å². The molecule has 1 unspecified atom stereocenters. The molecule has 5 nitrogen and oxygen atoms in total. The van der Waals surface area contributed by atoms with Gasteiger partial charge in [0.05, 0.1) is 7.11 Å². The lowest BCUT2D eigenvalue weighted by atomic mass is 9.98. The van der Waals surface area contributed by atoms with Crippen molar-refractivity contribution in [3.05, 3.63) is 0 Å². The van der Waals surface area contributed by atoms with Crippen molar-refractivity contribution in [1.82, 2.24) is 4.90 Å². The molecule has 0 radical (unpaired) electrons. The van der Waals surface area contributed by atoms with Crippen molar-refractivity contribution in [2.24, 2.45) is 0 Å². The Hall–Kier alpha value is -0.270. The van der Waals surface area contributed by atoms with Crippen LogP contribution in [0.3, 0.4) is 0 Å². The molecule has 2 aliphatic rings. The van der Waals surface area contributed by atoms with Gasteiger partial charge in [0.1, 0.15) is 0 Å². The van der Waals surface area contributed by atoms with Crippen LogP contribution < -0.4 is 0 Å². The lowest BCUT2D eigenvalue weighted by Gasteiger charge is -2.38. The third-order valence-electron chi connectivity index (χ3n) is 3.11. The first-order valence-electron chi connectivity index (χ1n) is 4.78. The molecule has 0 aromatic rings. The Bertz CT molecular complexity index is 361. The van der Waals surface area contributed by atoms with E-state index in [9.17, 15) is 14.1 Å². The molecule has 90 valence electrons. The van der Waals surface area contributed by atoms with E-state index >= 15 is 0 Å². The molecule has 2 rings (SSSR count). The predicted octanol–water partition coefficient (Wildman–Crippen LogP) is 0.000700. The number of hydrogen-bond donors (Lipinski definition) is 0. The van der Waals surface area contributed by atoms with Crippen LogP contribution in [0.25, 0.3) is 0 Å². The van der Waals surface area contributed by atoms with Crippen molar-refractivity contribution in [3.63, 3.8) is 0 Å². The van der Waals surface area contributed by atoms with E-state index in [2.05, 4.69) is 20.7 Å². The lowest BCUT2D eigenvalue weighted by Crippen LogP contribution is -2.64. The van der Waals surface area contributed by atoms with Crippen molar-refractivity contribution in [1.29, 1.82) is 0 Å². The average Bonchev–Trinajstić information content (AvgIpc) is 2.44. The van der Waals surface area contributed by atoms with E-state index in [1.807, 2.05) is 0 Å². The zero-order valence-electron chi connectivity index (χ0n) is 9.10.